The van der Waals surface area contributed by atoms with Gasteiger partial charge in [0.25, 0.3) is 0 Å². The zero-order valence-electron chi connectivity index (χ0n) is 16.6. The third kappa shape index (κ3) is 4.55. The predicted octanol–water partition coefficient (Wildman–Crippen LogP) is 4.04. The van der Waals surface area contributed by atoms with Crippen LogP contribution in [0.2, 0.25) is 0 Å². The molecule has 146 valence electrons. The van der Waals surface area contributed by atoms with E-state index in [9.17, 15) is 14.7 Å². The van der Waals surface area contributed by atoms with Crippen molar-refractivity contribution in [2.24, 2.45) is 34.5 Å². The smallest absolute Gasteiger partial charge is 0.309 e. The molecule has 5 heteroatoms. The number of aliphatic hydroxyl groups excluding tert-OH is 1. The van der Waals surface area contributed by atoms with Gasteiger partial charge in [-0.3, -0.25) is 9.59 Å². The van der Waals surface area contributed by atoms with Gasteiger partial charge in [-0.05, 0) is 55.8 Å². The molecule has 5 nitrogen and oxygen atoms in total. The van der Waals surface area contributed by atoms with E-state index >= 15 is 0 Å². The summed E-state index contributed by atoms with van der Waals surface area (Å²) in [5, 5.41) is 27.8. The second-order valence-corrected chi connectivity index (χ2v) is 9.18. The molecule has 2 aliphatic rings. The van der Waals surface area contributed by atoms with E-state index in [0.717, 1.165) is 12.3 Å². The molecular formula is C20H36O5. The first kappa shape index (κ1) is 21.9. The Kier molecular flexibility index (Phi) is 7.08. The molecule has 0 aromatic carbocycles. The maximum absolute atomic E-state index is 11.1. The zero-order chi connectivity index (χ0) is 19.6. The van der Waals surface area contributed by atoms with Crippen molar-refractivity contribution in [3.05, 3.63) is 0 Å². The van der Waals surface area contributed by atoms with Gasteiger partial charge in [-0.25, -0.2) is 0 Å². The molecule has 0 amide bonds. The van der Waals surface area contributed by atoms with Crippen molar-refractivity contribution in [2.45, 2.75) is 79.8 Å². The second-order valence-electron chi connectivity index (χ2n) is 9.18. The molecule has 0 radical (unpaired) electrons. The van der Waals surface area contributed by atoms with Gasteiger partial charge in [0.1, 0.15) is 0 Å². The molecule has 25 heavy (non-hydrogen) atoms. The van der Waals surface area contributed by atoms with Crippen LogP contribution >= 0.6 is 0 Å². The third-order valence-electron chi connectivity index (χ3n) is 6.98. The van der Waals surface area contributed by atoms with Crippen LogP contribution in [0, 0.1) is 34.5 Å². The lowest BCUT2D eigenvalue weighted by Gasteiger charge is -2.36. The van der Waals surface area contributed by atoms with E-state index in [2.05, 4.69) is 20.8 Å². The maximum atomic E-state index is 11.1. The zero-order valence-corrected chi connectivity index (χ0v) is 16.6. The van der Waals surface area contributed by atoms with E-state index in [-0.39, 0.29) is 6.10 Å². The molecule has 0 aromatic rings. The highest BCUT2D eigenvalue weighted by Gasteiger charge is 2.58. The SMILES string of the molecule is CC1(C(=O)O)CCC(C(=O)O)C1(C)C.CC1CCC(C(C)C)C(O)C1. The summed E-state index contributed by atoms with van der Waals surface area (Å²) in [6.07, 6.45) is 4.40. The molecule has 0 heterocycles. The molecule has 0 spiro atoms. The van der Waals surface area contributed by atoms with Crippen LogP contribution in [0.3, 0.4) is 0 Å². The quantitative estimate of drug-likeness (QED) is 0.709. The van der Waals surface area contributed by atoms with Crippen LogP contribution in [0.1, 0.15) is 73.6 Å². The number of aliphatic carboxylic acids is 2. The lowest BCUT2D eigenvalue weighted by molar-refractivity contribution is -0.157. The summed E-state index contributed by atoms with van der Waals surface area (Å²) < 4.78 is 0. The number of hydrogen-bond acceptors (Lipinski definition) is 3. The summed E-state index contributed by atoms with van der Waals surface area (Å²) in [6.45, 7) is 11.8. The van der Waals surface area contributed by atoms with Crippen molar-refractivity contribution in [2.75, 3.05) is 0 Å². The number of rotatable bonds is 3. The van der Waals surface area contributed by atoms with Crippen LogP contribution in [-0.4, -0.2) is 33.4 Å². The number of carboxylic acid groups (broad SMARTS) is 2. The minimum Gasteiger partial charge on any atom is -0.481 e. The van der Waals surface area contributed by atoms with E-state index in [4.69, 9.17) is 10.2 Å². The summed E-state index contributed by atoms with van der Waals surface area (Å²) in [6, 6.07) is 0. The second kappa shape index (κ2) is 8.07. The number of hydrogen-bond donors (Lipinski definition) is 3. The molecule has 0 bridgehead atoms. The van der Waals surface area contributed by atoms with Crippen LogP contribution in [-0.2, 0) is 9.59 Å². The fourth-order valence-electron chi connectivity index (χ4n) is 4.47. The van der Waals surface area contributed by atoms with Crippen molar-refractivity contribution in [3.8, 4) is 0 Å². The van der Waals surface area contributed by atoms with E-state index in [0.29, 0.717) is 24.7 Å². The van der Waals surface area contributed by atoms with Crippen molar-refractivity contribution in [1.82, 2.24) is 0 Å². The Bertz CT molecular complexity index is 484. The summed E-state index contributed by atoms with van der Waals surface area (Å²) in [7, 11) is 0. The molecule has 2 fully saturated rings. The van der Waals surface area contributed by atoms with E-state index < -0.39 is 28.7 Å². The molecule has 5 unspecified atom stereocenters. The van der Waals surface area contributed by atoms with E-state index in [1.807, 2.05) is 0 Å². The summed E-state index contributed by atoms with van der Waals surface area (Å²) >= 11 is 0. The van der Waals surface area contributed by atoms with Crippen molar-refractivity contribution < 1.29 is 24.9 Å². The Morgan fingerprint density at radius 1 is 1.04 bits per heavy atom. The lowest BCUT2D eigenvalue weighted by Crippen LogP contribution is -2.42. The molecule has 2 rings (SSSR count). The first-order valence-electron chi connectivity index (χ1n) is 9.48. The van der Waals surface area contributed by atoms with Crippen molar-refractivity contribution in [3.63, 3.8) is 0 Å². The molecule has 3 N–H and O–H groups in total. The molecule has 5 atom stereocenters. The van der Waals surface area contributed by atoms with Gasteiger partial charge >= 0.3 is 11.9 Å². The van der Waals surface area contributed by atoms with Crippen LogP contribution in [0.25, 0.3) is 0 Å². The Morgan fingerprint density at radius 3 is 1.92 bits per heavy atom. The van der Waals surface area contributed by atoms with Crippen LogP contribution in [0.5, 0.6) is 0 Å². The van der Waals surface area contributed by atoms with Crippen molar-refractivity contribution >= 4 is 11.9 Å². The topological polar surface area (TPSA) is 94.8 Å². The standard InChI is InChI=1S/C10H16O4.C10H20O/c1-9(2)6(7(11)12)4-5-10(9,3)8(13)14;1-7(2)9-5-4-8(3)6-10(9)11/h6H,4-5H2,1-3H3,(H,11,12)(H,13,14);7-11H,4-6H2,1-3H3. The fraction of sp³-hybridized carbons (Fsp3) is 0.900. The average Bonchev–Trinajstić information content (AvgIpc) is 2.70. The normalized spacial score (nSPS) is 37.3. The van der Waals surface area contributed by atoms with Gasteiger partial charge in [0, 0.05) is 0 Å². The predicted molar refractivity (Wildman–Crippen MR) is 97.2 cm³/mol. The molecule has 2 aliphatic carbocycles. The Balaban J connectivity index is 0.000000257. The summed E-state index contributed by atoms with van der Waals surface area (Å²) in [5.41, 5.74) is -1.61. The minimum absolute atomic E-state index is 0.0289. The monoisotopic (exact) mass is 356 g/mol. The Labute approximate surface area is 151 Å². The molecule has 0 aromatic heterocycles. The highest BCUT2D eigenvalue weighted by molar-refractivity contribution is 5.80. The van der Waals surface area contributed by atoms with E-state index in [1.165, 1.54) is 12.8 Å². The van der Waals surface area contributed by atoms with Gasteiger partial charge in [0.05, 0.1) is 17.4 Å². The number of carboxylic acids is 2. The Hall–Kier alpha value is -1.10. The number of carbonyl (C=O) groups is 2. The van der Waals surface area contributed by atoms with Crippen LogP contribution < -0.4 is 0 Å². The summed E-state index contributed by atoms with van der Waals surface area (Å²) in [4.78, 5) is 22.0. The highest BCUT2D eigenvalue weighted by Crippen LogP contribution is 2.56. The van der Waals surface area contributed by atoms with Crippen molar-refractivity contribution in [1.29, 1.82) is 0 Å². The molecule has 0 aliphatic heterocycles. The number of aliphatic hydroxyl groups is 1. The molecule has 0 saturated heterocycles. The minimum atomic E-state index is -0.921. The van der Waals surface area contributed by atoms with Gasteiger partial charge < -0.3 is 15.3 Å². The first-order valence-corrected chi connectivity index (χ1v) is 9.48. The molecular weight excluding hydrogens is 320 g/mol. The first-order chi connectivity index (χ1) is 11.3. The van der Waals surface area contributed by atoms with Crippen LogP contribution in [0.15, 0.2) is 0 Å². The molecule has 2 saturated carbocycles. The highest BCUT2D eigenvalue weighted by atomic mass is 16.4. The third-order valence-corrected chi connectivity index (χ3v) is 6.98. The largest absolute Gasteiger partial charge is 0.481 e. The lowest BCUT2D eigenvalue weighted by atomic mass is 9.66. The van der Waals surface area contributed by atoms with Gasteiger partial charge in [-0.15, -0.1) is 0 Å². The van der Waals surface area contributed by atoms with E-state index in [1.54, 1.807) is 20.8 Å². The average molecular weight is 357 g/mol. The van der Waals surface area contributed by atoms with Gasteiger partial charge in [-0.1, -0.05) is 41.0 Å². The Morgan fingerprint density at radius 2 is 1.60 bits per heavy atom. The van der Waals surface area contributed by atoms with Crippen LogP contribution in [0.4, 0.5) is 0 Å². The van der Waals surface area contributed by atoms with Gasteiger partial charge in [-0.2, -0.15) is 0 Å². The van der Waals surface area contributed by atoms with Gasteiger partial charge in [0.15, 0.2) is 0 Å². The summed E-state index contributed by atoms with van der Waals surface area (Å²) in [5.74, 6) is -0.390. The maximum Gasteiger partial charge on any atom is 0.309 e. The van der Waals surface area contributed by atoms with Gasteiger partial charge in [0.2, 0.25) is 0 Å². The fourth-order valence-corrected chi connectivity index (χ4v) is 4.47.